The molecule has 5 nitrogen and oxygen atoms in total. The first-order valence-electron chi connectivity index (χ1n) is 2.73. The van der Waals surface area contributed by atoms with E-state index in [4.69, 9.17) is 16.0 Å². The molecule has 0 atom stereocenters. The largest absolute Gasteiger partial charge is 0.378 e. The van der Waals surface area contributed by atoms with E-state index in [2.05, 4.69) is 10.0 Å². The van der Waals surface area contributed by atoms with Gasteiger partial charge in [-0.25, -0.2) is 0 Å². The molecule has 0 aromatic carbocycles. The van der Waals surface area contributed by atoms with Gasteiger partial charge < -0.3 is 10.5 Å². The van der Waals surface area contributed by atoms with Gasteiger partial charge in [-0.3, -0.25) is 0 Å². The van der Waals surface area contributed by atoms with Gasteiger partial charge in [-0.15, -0.1) is 0 Å². The molecule has 3 N–H and O–H groups in total. The van der Waals surface area contributed by atoms with Crippen molar-refractivity contribution in [3.63, 3.8) is 0 Å². The third kappa shape index (κ3) is 7.23. The van der Waals surface area contributed by atoms with Gasteiger partial charge in [-0.1, -0.05) is 0 Å². The van der Waals surface area contributed by atoms with Crippen LogP contribution >= 0.6 is 0 Å². The zero-order valence-corrected chi connectivity index (χ0v) is 5.21. The Balaban J connectivity index is 2.82. The Morgan fingerprint density at radius 1 is 1.56 bits per heavy atom. The first-order valence-corrected chi connectivity index (χ1v) is 2.73. The highest BCUT2D eigenvalue weighted by molar-refractivity contribution is 4.34. The summed E-state index contributed by atoms with van der Waals surface area (Å²) in [5, 5.41) is 3.37. The minimum atomic E-state index is 0.448. The summed E-state index contributed by atoms with van der Waals surface area (Å²) in [5.74, 6) is 0. The average Bonchev–Trinajstić information content (AvgIpc) is 1.89. The number of ether oxygens (including phenoxy) is 1. The van der Waals surface area contributed by atoms with Crippen molar-refractivity contribution >= 4 is 0 Å². The van der Waals surface area contributed by atoms with Gasteiger partial charge in [0.25, 0.3) is 0 Å². The van der Waals surface area contributed by atoms with Crippen LogP contribution in [0.2, 0.25) is 0 Å². The van der Waals surface area contributed by atoms with Crippen LogP contribution in [0.25, 0.3) is 0 Å². The van der Waals surface area contributed by atoms with Crippen LogP contribution in [0.3, 0.4) is 0 Å². The van der Waals surface area contributed by atoms with Crippen LogP contribution in [0.1, 0.15) is 0 Å². The summed E-state index contributed by atoms with van der Waals surface area (Å²) in [5.41, 5.74) is 11.4. The van der Waals surface area contributed by atoms with Crippen LogP contribution < -0.4 is 10.6 Å². The van der Waals surface area contributed by atoms with E-state index in [1.807, 2.05) is 0 Å². The molecule has 0 radical (unpaired) electrons. The van der Waals surface area contributed by atoms with Gasteiger partial charge in [-0.2, -0.15) is 0 Å². The van der Waals surface area contributed by atoms with Crippen LogP contribution in [0.15, 0.2) is 5.11 Å². The number of hydrogen-bond acceptors (Lipinski definition) is 4. The van der Waals surface area contributed by atoms with E-state index in [-0.39, 0.29) is 0 Å². The summed E-state index contributed by atoms with van der Waals surface area (Å²) < 4.78 is 4.92. The van der Waals surface area contributed by atoms with Crippen molar-refractivity contribution in [2.45, 2.75) is 0 Å². The van der Waals surface area contributed by atoms with Gasteiger partial charge in [-0.05, 0) is 0 Å². The number of rotatable bonds is 5. The molecule has 52 valence electrons. The Bertz CT molecular complexity index is 98.7. The van der Waals surface area contributed by atoms with Gasteiger partial charge in [0.1, 0.15) is 17.2 Å². The van der Waals surface area contributed by atoms with Crippen LogP contribution in [0.4, 0.5) is 0 Å². The second kappa shape index (κ2) is 7.23. The van der Waals surface area contributed by atoms with Crippen molar-refractivity contribution in [1.29, 1.82) is 5.53 Å². The van der Waals surface area contributed by atoms with Crippen molar-refractivity contribution in [2.24, 2.45) is 10.8 Å². The van der Waals surface area contributed by atoms with Gasteiger partial charge in [0.15, 0.2) is 0 Å². The predicted molar refractivity (Wildman–Crippen MR) is 32.0 cm³/mol. The summed E-state index contributed by atoms with van der Waals surface area (Å²) in [6, 6.07) is 0. The van der Waals surface area contributed by atoms with Crippen molar-refractivity contribution in [3.05, 3.63) is 0 Å². The molecule has 9 heavy (non-hydrogen) atoms. The Morgan fingerprint density at radius 3 is 2.89 bits per heavy atom. The van der Waals surface area contributed by atoms with E-state index < -0.39 is 0 Å². The van der Waals surface area contributed by atoms with Crippen LogP contribution in [-0.4, -0.2) is 26.3 Å². The molecule has 0 aromatic heterocycles. The molecule has 0 amide bonds. The van der Waals surface area contributed by atoms with E-state index in [0.717, 1.165) is 0 Å². The maximum atomic E-state index is 6.26. The van der Waals surface area contributed by atoms with E-state index in [1.165, 1.54) is 0 Å². The second-order valence-electron chi connectivity index (χ2n) is 1.37. The molecule has 0 aliphatic heterocycles. The molecule has 0 heterocycles. The van der Waals surface area contributed by atoms with Crippen molar-refractivity contribution in [3.8, 4) is 0 Å². The van der Waals surface area contributed by atoms with Gasteiger partial charge in [0.2, 0.25) is 4.91 Å². The minimum Gasteiger partial charge on any atom is -0.378 e. The Labute approximate surface area is 53.4 Å². The van der Waals surface area contributed by atoms with Gasteiger partial charge in [0, 0.05) is 6.54 Å². The average molecular weight is 131 g/mol. The van der Waals surface area contributed by atoms with Gasteiger partial charge >= 0.3 is 0 Å². The number of nitrogens with one attached hydrogen (secondary N) is 1. The lowest BCUT2D eigenvalue weighted by Crippen LogP contribution is -2.10. The standard InChI is InChI=1S/C4H11N4O/c5-1-3-9-4-2-7-8-6/h6H,1-5H2/q+1. The Morgan fingerprint density at radius 2 is 2.33 bits per heavy atom. The van der Waals surface area contributed by atoms with E-state index in [1.54, 1.807) is 0 Å². The lowest BCUT2D eigenvalue weighted by molar-refractivity contribution is 0.148. The quantitative estimate of drug-likeness (QED) is 0.300. The zero-order chi connectivity index (χ0) is 6.95. The molecule has 0 saturated carbocycles. The lowest BCUT2D eigenvalue weighted by Gasteiger charge is -1.93. The molecule has 5 heteroatoms. The maximum absolute atomic E-state index is 6.26. The number of hydrogen-bond donors (Lipinski definition) is 2. The molecule has 0 rings (SSSR count). The molecule has 0 fully saturated rings. The minimum absolute atomic E-state index is 0.448. The predicted octanol–water partition coefficient (Wildman–Crippen LogP) is -0.488. The third-order valence-electron chi connectivity index (χ3n) is 0.669. The van der Waals surface area contributed by atoms with Crippen LogP contribution in [0.5, 0.6) is 0 Å². The van der Waals surface area contributed by atoms with Gasteiger partial charge in [0.05, 0.1) is 13.2 Å². The summed E-state index contributed by atoms with van der Waals surface area (Å²) in [6.07, 6.45) is 0. The first kappa shape index (κ1) is 8.23. The monoisotopic (exact) mass is 131 g/mol. The molecule has 0 aliphatic carbocycles. The molecule has 0 aliphatic rings. The number of nitrogens with zero attached hydrogens (tertiary/aromatic N) is 2. The van der Waals surface area contributed by atoms with Crippen LogP contribution in [0, 0.1) is 5.53 Å². The topological polar surface area (TPSA) is 85.6 Å². The van der Waals surface area contributed by atoms with Crippen molar-refractivity contribution in [1.82, 2.24) is 4.91 Å². The summed E-state index contributed by atoms with van der Waals surface area (Å²) in [4.78, 5) is 2.80. The fraction of sp³-hybridized carbons (Fsp3) is 1.00. The van der Waals surface area contributed by atoms with E-state index in [0.29, 0.717) is 26.3 Å². The molecule has 0 unspecified atom stereocenters. The highest BCUT2D eigenvalue weighted by Gasteiger charge is 1.86. The fourth-order valence-electron chi connectivity index (χ4n) is 0.341. The van der Waals surface area contributed by atoms with Crippen molar-refractivity contribution < 1.29 is 4.74 Å². The molecule has 0 saturated heterocycles. The maximum Gasteiger partial charge on any atom is 0.214 e. The summed E-state index contributed by atoms with van der Waals surface area (Å²) in [6.45, 7) is 2.02. The normalized spacial score (nSPS) is 8.56. The highest BCUT2D eigenvalue weighted by Crippen LogP contribution is 1.71. The Kier molecular flexibility index (Phi) is 6.61. The highest BCUT2D eigenvalue weighted by atomic mass is 16.5. The van der Waals surface area contributed by atoms with Crippen molar-refractivity contribution in [2.75, 3.05) is 26.3 Å². The molecular weight excluding hydrogens is 120 g/mol. The van der Waals surface area contributed by atoms with E-state index >= 15 is 0 Å². The van der Waals surface area contributed by atoms with E-state index in [9.17, 15) is 0 Å². The number of nitrogens with two attached hydrogens (primary N) is 1. The Hall–Kier alpha value is -0.770. The molecular formula is C4H11N4O+. The second-order valence-corrected chi connectivity index (χ2v) is 1.37. The first-order chi connectivity index (χ1) is 4.41. The fourth-order valence-corrected chi connectivity index (χ4v) is 0.341. The molecule has 0 spiro atoms. The summed E-state index contributed by atoms with van der Waals surface area (Å²) >= 11 is 0. The molecule has 0 bridgehead atoms. The molecule has 0 aromatic rings. The third-order valence-corrected chi connectivity index (χ3v) is 0.669. The summed E-state index contributed by atoms with van der Waals surface area (Å²) in [7, 11) is 0. The zero-order valence-electron chi connectivity index (χ0n) is 5.21. The smallest absolute Gasteiger partial charge is 0.214 e. The SMILES string of the molecule is N=[N+]=NCCOCCN. The lowest BCUT2D eigenvalue weighted by atomic mass is 10.7. The van der Waals surface area contributed by atoms with Crippen LogP contribution in [-0.2, 0) is 4.74 Å².